The van der Waals surface area contributed by atoms with Crippen LogP contribution in [0, 0.1) is 5.92 Å². The third kappa shape index (κ3) is 1.51. The Morgan fingerprint density at radius 3 is 2.62 bits per heavy atom. The van der Waals surface area contributed by atoms with E-state index in [1.165, 1.54) is 39.8 Å². The van der Waals surface area contributed by atoms with Crippen LogP contribution in [0.1, 0.15) is 35.6 Å². The fraction of sp³-hybridized carbons (Fsp3) is 0.238. The average Bonchev–Trinajstić information content (AvgIpc) is 3.03. The monoisotopic (exact) mass is 270 g/mol. The Morgan fingerprint density at radius 1 is 0.857 bits per heavy atom. The van der Waals surface area contributed by atoms with Gasteiger partial charge in [0.25, 0.3) is 0 Å². The van der Waals surface area contributed by atoms with Crippen molar-refractivity contribution in [1.29, 1.82) is 0 Å². The van der Waals surface area contributed by atoms with E-state index in [2.05, 4.69) is 55.5 Å². The standard InChI is InChI=1S/C21H18/c1-13-5-4-7-15-10-17-11-19-16(12-20(17)21(13)15)9-14-6-2-3-8-18(14)19/h2-4,6-8,11-13H,5,9-10H2,1H3. The predicted octanol–water partition coefficient (Wildman–Crippen LogP) is 5.16. The van der Waals surface area contributed by atoms with Gasteiger partial charge in [-0.15, -0.1) is 0 Å². The zero-order valence-corrected chi connectivity index (χ0v) is 12.3. The zero-order valence-electron chi connectivity index (χ0n) is 12.3. The van der Waals surface area contributed by atoms with E-state index in [-0.39, 0.29) is 0 Å². The summed E-state index contributed by atoms with van der Waals surface area (Å²) >= 11 is 0. The van der Waals surface area contributed by atoms with Crippen LogP contribution in [0.2, 0.25) is 0 Å². The molecule has 0 aromatic heterocycles. The highest BCUT2D eigenvalue weighted by Crippen LogP contribution is 2.46. The third-order valence-electron chi connectivity index (χ3n) is 5.34. The number of fused-ring (bicyclic) bond motifs is 5. The molecule has 5 rings (SSSR count). The molecule has 0 aliphatic heterocycles. The minimum absolute atomic E-state index is 0.674. The van der Waals surface area contributed by atoms with Gasteiger partial charge in [-0.05, 0) is 75.8 Å². The number of hydrogen-bond donors (Lipinski definition) is 0. The van der Waals surface area contributed by atoms with E-state index < -0.39 is 0 Å². The van der Waals surface area contributed by atoms with Gasteiger partial charge in [-0.25, -0.2) is 0 Å². The summed E-state index contributed by atoms with van der Waals surface area (Å²) in [7, 11) is 0. The largest absolute Gasteiger partial charge is 0.0836 e. The van der Waals surface area contributed by atoms with Gasteiger partial charge in [0.2, 0.25) is 0 Å². The van der Waals surface area contributed by atoms with Crippen molar-refractivity contribution < 1.29 is 0 Å². The molecular weight excluding hydrogens is 252 g/mol. The lowest BCUT2D eigenvalue weighted by molar-refractivity contribution is 0.755. The normalized spacial score (nSPS) is 21.1. The smallest absolute Gasteiger partial charge is 0.00132 e. The average molecular weight is 270 g/mol. The van der Waals surface area contributed by atoms with Gasteiger partial charge >= 0.3 is 0 Å². The van der Waals surface area contributed by atoms with Gasteiger partial charge in [0, 0.05) is 0 Å². The molecule has 0 saturated carbocycles. The maximum Gasteiger partial charge on any atom is -0.00132 e. The Morgan fingerprint density at radius 2 is 1.67 bits per heavy atom. The molecule has 1 atom stereocenters. The van der Waals surface area contributed by atoms with Crippen LogP contribution in [0.5, 0.6) is 0 Å². The van der Waals surface area contributed by atoms with Gasteiger partial charge in [-0.3, -0.25) is 0 Å². The first-order chi connectivity index (χ1) is 10.3. The van der Waals surface area contributed by atoms with Crippen molar-refractivity contribution in [3.63, 3.8) is 0 Å². The molecule has 0 saturated heterocycles. The molecule has 2 aromatic carbocycles. The molecule has 0 spiro atoms. The number of allylic oxidation sites excluding steroid dienone is 4. The molecule has 0 heterocycles. The molecule has 0 nitrogen and oxygen atoms in total. The summed E-state index contributed by atoms with van der Waals surface area (Å²) in [6.07, 6.45) is 8.12. The Hall–Kier alpha value is -2.08. The molecule has 21 heavy (non-hydrogen) atoms. The van der Waals surface area contributed by atoms with Crippen LogP contribution in [0.25, 0.3) is 16.7 Å². The number of benzene rings is 2. The van der Waals surface area contributed by atoms with Gasteiger partial charge in [-0.1, -0.05) is 49.4 Å². The molecule has 102 valence electrons. The van der Waals surface area contributed by atoms with Gasteiger partial charge in [0.1, 0.15) is 0 Å². The van der Waals surface area contributed by atoms with E-state index in [4.69, 9.17) is 0 Å². The SMILES string of the molecule is CC1CC=CC2=C1c1cc3c(cc1C2)-c1ccccc1C3. The van der Waals surface area contributed by atoms with E-state index in [0.717, 1.165) is 12.8 Å². The molecule has 0 bridgehead atoms. The highest BCUT2D eigenvalue weighted by atomic mass is 14.3. The van der Waals surface area contributed by atoms with Crippen molar-refractivity contribution in [3.8, 4) is 11.1 Å². The molecule has 2 aromatic rings. The minimum atomic E-state index is 0.674. The first-order valence-electron chi connectivity index (χ1n) is 7.95. The summed E-state index contributed by atoms with van der Waals surface area (Å²) in [6, 6.07) is 13.8. The second-order valence-corrected chi connectivity index (χ2v) is 6.66. The molecule has 0 radical (unpaired) electrons. The molecule has 0 N–H and O–H groups in total. The quantitative estimate of drug-likeness (QED) is 0.529. The van der Waals surface area contributed by atoms with E-state index in [1.54, 1.807) is 11.1 Å². The molecule has 0 heteroatoms. The summed E-state index contributed by atoms with van der Waals surface area (Å²) in [4.78, 5) is 0. The van der Waals surface area contributed by atoms with Crippen molar-refractivity contribution in [2.45, 2.75) is 26.2 Å². The molecule has 3 aliphatic rings. The summed E-state index contributed by atoms with van der Waals surface area (Å²) in [5.74, 6) is 0.674. The zero-order chi connectivity index (χ0) is 14.0. The van der Waals surface area contributed by atoms with Crippen LogP contribution < -0.4 is 0 Å². The minimum Gasteiger partial charge on any atom is -0.0836 e. The second-order valence-electron chi connectivity index (χ2n) is 6.66. The molecule has 1 unspecified atom stereocenters. The van der Waals surface area contributed by atoms with Crippen LogP contribution in [0.4, 0.5) is 0 Å². The van der Waals surface area contributed by atoms with Gasteiger partial charge in [0.15, 0.2) is 0 Å². The van der Waals surface area contributed by atoms with Crippen LogP contribution in [-0.2, 0) is 12.8 Å². The van der Waals surface area contributed by atoms with Crippen LogP contribution in [0.15, 0.2) is 54.1 Å². The lowest BCUT2D eigenvalue weighted by Crippen LogP contribution is -2.01. The van der Waals surface area contributed by atoms with E-state index in [1.807, 2.05) is 0 Å². The molecule has 3 aliphatic carbocycles. The lowest BCUT2D eigenvalue weighted by atomic mass is 9.86. The van der Waals surface area contributed by atoms with Gasteiger partial charge in [-0.2, -0.15) is 0 Å². The van der Waals surface area contributed by atoms with Crippen molar-refractivity contribution in [2.75, 3.05) is 0 Å². The maximum absolute atomic E-state index is 2.49. The number of hydrogen-bond acceptors (Lipinski definition) is 0. The first-order valence-corrected chi connectivity index (χ1v) is 7.95. The predicted molar refractivity (Wildman–Crippen MR) is 88.2 cm³/mol. The Labute approximate surface area is 125 Å². The fourth-order valence-corrected chi connectivity index (χ4v) is 4.36. The Bertz CT molecular complexity index is 833. The summed E-state index contributed by atoms with van der Waals surface area (Å²) < 4.78 is 0. The van der Waals surface area contributed by atoms with Gasteiger partial charge < -0.3 is 0 Å². The van der Waals surface area contributed by atoms with Crippen molar-refractivity contribution in [3.05, 3.63) is 76.4 Å². The van der Waals surface area contributed by atoms with Crippen molar-refractivity contribution in [2.24, 2.45) is 5.92 Å². The fourth-order valence-electron chi connectivity index (χ4n) is 4.36. The Balaban J connectivity index is 1.71. The van der Waals surface area contributed by atoms with Crippen molar-refractivity contribution in [1.82, 2.24) is 0 Å². The Kier molecular flexibility index (Phi) is 2.19. The topological polar surface area (TPSA) is 0 Å². The van der Waals surface area contributed by atoms with E-state index >= 15 is 0 Å². The van der Waals surface area contributed by atoms with Crippen LogP contribution in [-0.4, -0.2) is 0 Å². The molecule has 0 amide bonds. The van der Waals surface area contributed by atoms with Gasteiger partial charge in [0.05, 0.1) is 0 Å². The van der Waals surface area contributed by atoms with E-state index in [9.17, 15) is 0 Å². The second kappa shape index (κ2) is 3.98. The van der Waals surface area contributed by atoms with Crippen molar-refractivity contribution >= 4 is 5.57 Å². The first kappa shape index (κ1) is 11.6. The summed E-state index contributed by atoms with van der Waals surface area (Å²) in [5.41, 5.74) is 12.2. The lowest BCUT2D eigenvalue weighted by Gasteiger charge is -2.18. The summed E-state index contributed by atoms with van der Waals surface area (Å²) in [6.45, 7) is 2.37. The highest BCUT2D eigenvalue weighted by Gasteiger charge is 2.29. The van der Waals surface area contributed by atoms with Crippen LogP contribution >= 0.6 is 0 Å². The highest BCUT2D eigenvalue weighted by molar-refractivity contribution is 5.86. The van der Waals surface area contributed by atoms with Crippen LogP contribution in [0.3, 0.4) is 0 Å². The third-order valence-corrected chi connectivity index (χ3v) is 5.34. The summed E-state index contributed by atoms with van der Waals surface area (Å²) in [5, 5.41) is 0. The maximum atomic E-state index is 2.49. The molecule has 0 fully saturated rings. The number of rotatable bonds is 0. The molecular formula is C21H18. The van der Waals surface area contributed by atoms with E-state index in [0.29, 0.717) is 5.92 Å².